The number of allylic oxidation sites excluding steroid dienone is 1. The van der Waals surface area contributed by atoms with Gasteiger partial charge >= 0.3 is 7.12 Å². The van der Waals surface area contributed by atoms with Gasteiger partial charge in [0.25, 0.3) is 6.43 Å². The molecule has 1 heterocycles. The van der Waals surface area contributed by atoms with Gasteiger partial charge in [0.2, 0.25) is 0 Å². The molecule has 14 heavy (non-hydrogen) atoms. The molecule has 1 fully saturated rings. The summed E-state index contributed by atoms with van der Waals surface area (Å²) in [7, 11) is -1.27. The van der Waals surface area contributed by atoms with Crippen LogP contribution in [0.3, 0.4) is 0 Å². The highest BCUT2D eigenvalue weighted by molar-refractivity contribution is 6.54. The van der Waals surface area contributed by atoms with E-state index >= 15 is 0 Å². The molecule has 1 atom stereocenters. The minimum Gasteiger partial charge on any atom is -0.402 e. The van der Waals surface area contributed by atoms with Crippen molar-refractivity contribution in [3.63, 3.8) is 0 Å². The third-order valence-electron chi connectivity index (χ3n) is 2.37. The number of hydrogen-bond donors (Lipinski definition) is 0. The van der Waals surface area contributed by atoms with Gasteiger partial charge in [0.05, 0.1) is 23.5 Å². The largest absolute Gasteiger partial charge is 0.498 e. The predicted octanol–water partition coefficient (Wildman–Crippen LogP) is 2.35. The quantitative estimate of drug-likeness (QED) is 0.648. The summed E-state index contributed by atoms with van der Waals surface area (Å²) in [5, 5.41) is 0. The van der Waals surface area contributed by atoms with E-state index in [2.05, 4.69) is 0 Å². The first-order chi connectivity index (χ1) is 6.38. The van der Waals surface area contributed by atoms with Crippen molar-refractivity contribution in [2.45, 2.75) is 38.9 Å². The van der Waals surface area contributed by atoms with Gasteiger partial charge in [0, 0.05) is 0 Å². The molecule has 0 bridgehead atoms. The van der Waals surface area contributed by atoms with Gasteiger partial charge in [-0.05, 0) is 20.8 Å². The minimum atomic E-state index is -2.90. The zero-order chi connectivity index (χ0) is 10.9. The van der Waals surface area contributed by atoms with Crippen molar-refractivity contribution in [3.8, 4) is 0 Å². The number of alkyl halides is 2. The zero-order valence-corrected chi connectivity index (χ0v) is 8.26. The fourth-order valence-corrected chi connectivity index (χ4v) is 1.10. The molecule has 0 aromatic carbocycles. The lowest BCUT2D eigenvalue weighted by atomic mass is 9.79. The van der Waals surface area contributed by atoms with Crippen molar-refractivity contribution < 1.29 is 22.5 Å². The molecule has 0 saturated carbocycles. The van der Waals surface area contributed by atoms with Crippen molar-refractivity contribution >= 4 is 7.12 Å². The Balaban J connectivity index is 2.75. The van der Waals surface area contributed by atoms with Crippen LogP contribution in [0.15, 0.2) is 11.8 Å². The van der Waals surface area contributed by atoms with E-state index < -0.39 is 24.6 Å². The van der Waals surface area contributed by atoms with Gasteiger partial charge in [-0.2, -0.15) is 0 Å². The molecule has 1 aliphatic rings. The molecule has 0 aliphatic carbocycles. The fourth-order valence-electron chi connectivity index (χ4n) is 1.10. The normalized spacial score (nSPS) is 27.5. The van der Waals surface area contributed by atoms with Crippen LogP contribution in [0.2, 0.25) is 0 Å². The average Bonchev–Trinajstić information content (AvgIpc) is 2.26. The van der Waals surface area contributed by atoms with E-state index in [0.717, 1.165) is 0 Å². The van der Waals surface area contributed by atoms with Crippen LogP contribution >= 0.6 is 0 Å². The Labute approximate surface area is 81.2 Å². The van der Waals surface area contributed by atoms with Gasteiger partial charge in [0.15, 0.2) is 0 Å². The van der Waals surface area contributed by atoms with Crippen LogP contribution in [-0.4, -0.2) is 25.2 Å². The predicted molar refractivity (Wildman–Crippen MR) is 46.7 cm³/mol. The molecular formula is C8H12BF3O2. The maximum absolute atomic E-state index is 12.3. The van der Waals surface area contributed by atoms with Crippen molar-refractivity contribution in [3.05, 3.63) is 11.8 Å². The summed E-state index contributed by atoms with van der Waals surface area (Å²) < 4.78 is 46.9. The van der Waals surface area contributed by atoms with Gasteiger partial charge in [-0.25, -0.2) is 13.2 Å². The number of halogens is 3. The summed E-state index contributed by atoms with van der Waals surface area (Å²) in [6.45, 7) is 5.11. The molecule has 0 aromatic rings. The van der Waals surface area contributed by atoms with Crippen LogP contribution in [0.5, 0.6) is 0 Å². The van der Waals surface area contributed by atoms with E-state index in [-0.39, 0.29) is 12.4 Å². The first kappa shape index (κ1) is 11.6. The summed E-state index contributed by atoms with van der Waals surface area (Å²) in [5.74, 6) is 0. The molecule has 0 aromatic heterocycles. The first-order valence-corrected chi connectivity index (χ1v) is 4.30. The lowest BCUT2D eigenvalue weighted by molar-refractivity contribution is 0.0838. The van der Waals surface area contributed by atoms with Crippen LogP contribution in [-0.2, 0) is 9.31 Å². The third kappa shape index (κ3) is 2.12. The van der Waals surface area contributed by atoms with Gasteiger partial charge in [-0.1, -0.05) is 0 Å². The second-order valence-electron chi connectivity index (χ2n) is 3.74. The third-order valence-corrected chi connectivity index (χ3v) is 2.37. The van der Waals surface area contributed by atoms with Crippen LogP contribution in [0.25, 0.3) is 0 Å². The smallest absolute Gasteiger partial charge is 0.402 e. The van der Waals surface area contributed by atoms with Crippen LogP contribution in [0.1, 0.15) is 20.8 Å². The summed E-state index contributed by atoms with van der Waals surface area (Å²) in [6.07, 6.45) is -3.39. The lowest BCUT2D eigenvalue weighted by Gasteiger charge is -2.21. The molecule has 1 unspecified atom stereocenters. The Kier molecular flexibility index (Phi) is 3.26. The van der Waals surface area contributed by atoms with E-state index in [0.29, 0.717) is 0 Å². The molecule has 80 valence electrons. The Bertz CT molecular complexity index is 243. The molecule has 6 heteroatoms. The van der Waals surface area contributed by atoms with E-state index in [1.807, 2.05) is 0 Å². The topological polar surface area (TPSA) is 18.5 Å². The standard InChI is InChI=1S/C8H12BF3O2/c1-5-8(2,3)14-9(13-5)6(4-10)7(11)12/h4-5,7H,1-3H3. The van der Waals surface area contributed by atoms with E-state index in [4.69, 9.17) is 9.31 Å². The maximum atomic E-state index is 12.3. The first-order valence-electron chi connectivity index (χ1n) is 4.30. The molecule has 0 amide bonds. The number of hydrogen-bond acceptors (Lipinski definition) is 2. The Hall–Kier alpha value is -0.485. The molecule has 1 rings (SSSR count). The highest BCUT2D eigenvalue weighted by Crippen LogP contribution is 2.31. The summed E-state index contributed by atoms with van der Waals surface area (Å²) >= 11 is 0. The van der Waals surface area contributed by atoms with Gasteiger partial charge < -0.3 is 9.31 Å². The molecule has 0 spiro atoms. The molecule has 2 nitrogen and oxygen atoms in total. The number of rotatable bonds is 2. The van der Waals surface area contributed by atoms with Gasteiger partial charge in [0.1, 0.15) is 0 Å². The van der Waals surface area contributed by atoms with E-state index in [1.165, 1.54) is 0 Å². The van der Waals surface area contributed by atoms with Crippen LogP contribution < -0.4 is 0 Å². The average molecular weight is 208 g/mol. The fraction of sp³-hybridized carbons (Fsp3) is 0.750. The van der Waals surface area contributed by atoms with E-state index in [1.54, 1.807) is 20.8 Å². The molecule has 0 radical (unpaired) electrons. The van der Waals surface area contributed by atoms with Gasteiger partial charge in [-0.15, -0.1) is 0 Å². The second-order valence-corrected chi connectivity index (χ2v) is 3.74. The summed E-state index contributed by atoms with van der Waals surface area (Å²) in [6, 6.07) is 0. The van der Waals surface area contributed by atoms with Crippen molar-refractivity contribution in [2.24, 2.45) is 0 Å². The summed E-state index contributed by atoms with van der Waals surface area (Å²) in [5.41, 5.74) is -1.43. The van der Waals surface area contributed by atoms with Crippen molar-refractivity contribution in [2.75, 3.05) is 0 Å². The van der Waals surface area contributed by atoms with E-state index in [9.17, 15) is 13.2 Å². The summed E-state index contributed by atoms with van der Waals surface area (Å²) in [4.78, 5) is 0. The highest BCUT2D eigenvalue weighted by Gasteiger charge is 2.47. The molecule has 1 aliphatic heterocycles. The van der Waals surface area contributed by atoms with Crippen molar-refractivity contribution in [1.82, 2.24) is 0 Å². The second kappa shape index (κ2) is 3.94. The Morgan fingerprint density at radius 1 is 1.50 bits per heavy atom. The molecule has 0 N–H and O–H groups in total. The van der Waals surface area contributed by atoms with Crippen LogP contribution in [0, 0.1) is 0 Å². The minimum absolute atomic E-state index is 0.149. The lowest BCUT2D eigenvalue weighted by Crippen LogP contribution is -2.31. The Morgan fingerprint density at radius 3 is 2.36 bits per heavy atom. The molecular weight excluding hydrogens is 196 g/mol. The maximum Gasteiger partial charge on any atom is 0.498 e. The monoisotopic (exact) mass is 208 g/mol. The van der Waals surface area contributed by atoms with Crippen LogP contribution in [0.4, 0.5) is 13.2 Å². The Morgan fingerprint density at radius 2 is 2.07 bits per heavy atom. The van der Waals surface area contributed by atoms with Gasteiger partial charge in [-0.3, -0.25) is 0 Å². The van der Waals surface area contributed by atoms with Crippen molar-refractivity contribution in [1.29, 1.82) is 0 Å². The SMILES string of the molecule is CC1OB(C(=CF)C(F)F)OC1(C)C. The zero-order valence-electron chi connectivity index (χ0n) is 8.26. The highest BCUT2D eigenvalue weighted by atomic mass is 19.3. The molecule has 1 saturated heterocycles.